The summed E-state index contributed by atoms with van der Waals surface area (Å²) in [5, 5.41) is 3.13. The van der Waals surface area contributed by atoms with Gasteiger partial charge < -0.3 is 11.1 Å². The van der Waals surface area contributed by atoms with E-state index in [9.17, 15) is 4.79 Å². The molecule has 0 radical (unpaired) electrons. The highest BCUT2D eigenvalue weighted by molar-refractivity contribution is 5.81. The molecule has 0 aromatic heterocycles. The summed E-state index contributed by atoms with van der Waals surface area (Å²) >= 11 is 0. The van der Waals surface area contributed by atoms with Crippen LogP contribution in [0.15, 0.2) is 30.3 Å². The van der Waals surface area contributed by atoms with E-state index in [-0.39, 0.29) is 18.0 Å². The number of piperidine rings is 1. The molecular formula is C19H31N3O. The van der Waals surface area contributed by atoms with Crippen molar-refractivity contribution in [2.75, 3.05) is 13.1 Å². The second-order valence-corrected chi connectivity index (χ2v) is 7.14. The zero-order chi connectivity index (χ0) is 16.8. The minimum Gasteiger partial charge on any atom is -0.352 e. The zero-order valence-corrected chi connectivity index (χ0v) is 14.7. The molecule has 128 valence electrons. The maximum absolute atomic E-state index is 12.1. The Labute approximate surface area is 140 Å². The van der Waals surface area contributed by atoms with Crippen molar-refractivity contribution in [2.45, 2.75) is 58.2 Å². The molecule has 1 aromatic rings. The molecule has 1 heterocycles. The highest BCUT2D eigenvalue weighted by atomic mass is 16.2. The van der Waals surface area contributed by atoms with Crippen LogP contribution in [0, 0.1) is 5.92 Å². The van der Waals surface area contributed by atoms with Crippen LogP contribution in [0.4, 0.5) is 0 Å². The summed E-state index contributed by atoms with van der Waals surface area (Å²) in [6, 6.07) is 10.9. The van der Waals surface area contributed by atoms with Crippen LogP contribution in [-0.2, 0) is 4.79 Å². The fraction of sp³-hybridized carbons (Fsp3) is 0.632. The van der Waals surface area contributed by atoms with Gasteiger partial charge in [0.25, 0.3) is 0 Å². The van der Waals surface area contributed by atoms with E-state index in [1.54, 1.807) is 0 Å². The Morgan fingerprint density at radius 2 is 1.83 bits per heavy atom. The minimum absolute atomic E-state index is 0.00765. The van der Waals surface area contributed by atoms with Crippen LogP contribution in [0.25, 0.3) is 0 Å². The molecule has 1 saturated heterocycles. The van der Waals surface area contributed by atoms with Crippen molar-refractivity contribution in [3.63, 3.8) is 0 Å². The number of likely N-dealkylation sites (tertiary alicyclic amines) is 1. The lowest BCUT2D eigenvalue weighted by atomic mass is 9.99. The summed E-state index contributed by atoms with van der Waals surface area (Å²) in [6.07, 6.45) is 2.74. The second kappa shape index (κ2) is 8.46. The first-order chi connectivity index (χ1) is 11.0. The van der Waals surface area contributed by atoms with Crippen molar-refractivity contribution >= 4 is 5.91 Å². The molecule has 3 N–H and O–H groups in total. The van der Waals surface area contributed by atoms with Gasteiger partial charge in [0.15, 0.2) is 0 Å². The summed E-state index contributed by atoms with van der Waals surface area (Å²) in [5.74, 6) is 0.456. The Hall–Kier alpha value is -1.39. The van der Waals surface area contributed by atoms with Crippen molar-refractivity contribution < 1.29 is 4.79 Å². The lowest BCUT2D eigenvalue weighted by Gasteiger charge is -2.36. The molecule has 0 bridgehead atoms. The third-order valence-corrected chi connectivity index (χ3v) is 4.77. The van der Waals surface area contributed by atoms with Crippen molar-refractivity contribution in [3.05, 3.63) is 35.9 Å². The normalized spacial score (nSPS) is 19.5. The van der Waals surface area contributed by atoms with Crippen LogP contribution in [-0.4, -0.2) is 36.0 Å². The molecule has 0 spiro atoms. The lowest BCUT2D eigenvalue weighted by Crippen LogP contribution is -2.50. The van der Waals surface area contributed by atoms with Crippen LogP contribution in [0.3, 0.4) is 0 Å². The SMILES string of the molecule is CC(C)C[C@H](N)C(=O)NC1CCN(C(C)c2ccccc2)CC1. The number of rotatable bonds is 6. The molecule has 23 heavy (non-hydrogen) atoms. The first kappa shape index (κ1) is 18.0. The number of nitrogens with one attached hydrogen (secondary N) is 1. The lowest BCUT2D eigenvalue weighted by molar-refractivity contribution is -0.123. The molecule has 1 aromatic carbocycles. The Morgan fingerprint density at radius 3 is 2.39 bits per heavy atom. The Kier molecular flexibility index (Phi) is 6.60. The largest absolute Gasteiger partial charge is 0.352 e. The molecular weight excluding hydrogens is 286 g/mol. The highest BCUT2D eigenvalue weighted by Gasteiger charge is 2.25. The summed E-state index contributed by atoms with van der Waals surface area (Å²) in [5.41, 5.74) is 7.32. The average molecular weight is 317 g/mol. The first-order valence-corrected chi connectivity index (χ1v) is 8.82. The van der Waals surface area contributed by atoms with E-state index in [1.807, 2.05) is 0 Å². The van der Waals surface area contributed by atoms with E-state index in [0.29, 0.717) is 12.0 Å². The molecule has 2 rings (SSSR count). The number of hydrogen-bond donors (Lipinski definition) is 2. The number of nitrogens with zero attached hydrogens (tertiary/aromatic N) is 1. The molecule has 0 aliphatic carbocycles. The Balaban J connectivity index is 1.79. The number of benzene rings is 1. The molecule has 1 aliphatic heterocycles. The third kappa shape index (κ3) is 5.33. The molecule has 4 nitrogen and oxygen atoms in total. The second-order valence-electron chi connectivity index (χ2n) is 7.14. The molecule has 0 saturated carbocycles. The monoisotopic (exact) mass is 317 g/mol. The van der Waals surface area contributed by atoms with Crippen LogP contribution in [0.5, 0.6) is 0 Å². The number of amides is 1. The molecule has 1 unspecified atom stereocenters. The maximum Gasteiger partial charge on any atom is 0.237 e. The van der Waals surface area contributed by atoms with Gasteiger partial charge in [-0.2, -0.15) is 0 Å². The van der Waals surface area contributed by atoms with Gasteiger partial charge in [0.1, 0.15) is 0 Å². The number of carbonyl (C=O) groups excluding carboxylic acids is 1. The summed E-state index contributed by atoms with van der Waals surface area (Å²) < 4.78 is 0. The van der Waals surface area contributed by atoms with E-state index in [4.69, 9.17) is 5.73 Å². The van der Waals surface area contributed by atoms with E-state index in [0.717, 1.165) is 32.4 Å². The van der Waals surface area contributed by atoms with Gasteiger partial charge >= 0.3 is 0 Å². The molecule has 1 amide bonds. The fourth-order valence-corrected chi connectivity index (χ4v) is 3.30. The van der Waals surface area contributed by atoms with Crippen molar-refractivity contribution in [3.8, 4) is 0 Å². The number of nitrogens with two attached hydrogens (primary N) is 1. The third-order valence-electron chi connectivity index (χ3n) is 4.77. The van der Waals surface area contributed by atoms with Gasteiger partial charge in [0.05, 0.1) is 6.04 Å². The van der Waals surface area contributed by atoms with Gasteiger partial charge in [0.2, 0.25) is 5.91 Å². The Morgan fingerprint density at radius 1 is 1.22 bits per heavy atom. The van der Waals surface area contributed by atoms with E-state index >= 15 is 0 Å². The number of hydrogen-bond acceptors (Lipinski definition) is 3. The van der Waals surface area contributed by atoms with Crippen LogP contribution in [0.1, 0.15) is 51.6 Å². The van der Waals surface area contributed by atoms with Gasteiger partial charge in [-0.15, -0.1) is 0 Å². The number of carbonyl (C=O) groups is 1. The van der Waals surface area contributed by atoms with E-state index < -0.39 is 0 Å². The van der Waals surface area contributed by atoms with Crippen molar-refractivity contribution in [2.24, 2.45) is 11.7 Å². The van der Waals surface area contributed by atoms with Gasteiger partial charge in [-0.1, -0.05) is 44.2 Å². The van der Waals surface area contributed by atoms with E-state index in [2.05, 4.69) is 61.3 Å². The average Bonchev–Trinajstić information content (AvgIpc) is 2.55. The van der Waals surface area contributed by atoms with Gasteiger partial charge in [-0.05, 0) is 37.7 Å². The van der Waals surface area contributed by atoms with Gasteiger partial charge in [-0.25, -0.2) is 0 Å². The van der Waals surface area contributed by atoms with Crippen molar-refractivity contribution in [1.29, 1.82) is 0 Å². The molecule has 1 aliphatic rings. The summed E-state index contributed by atoms with van der Waals surface area (Å²) in [6.45, 7) is 8.47. The van der Waals surface area contributed by atoms with Gasteiger partial charge in [-0.3, -0.25) is 9.69 Å². The predicted molar refractivity (Wildman–Crippen MR) is 95.0 cm³/mol. The van der Waals surface area contributed by atoms with Crippen molar-refractivity contribution in [1.82, 2.24) is 10.2 Å². The fourth-order valence-electron chi connectivity index (χ4n) is 3.30. The minimum atomic E-state index is -0.378. The Bertz CT molecular complexity index is 481. The van der Waals surface area contributed by atoms with Crippen LogP contribution >= 0.6 is 0 Å². The smallest absolute Gasteiger partial charge is 0.237 e. The predicted octanol–water partition coefficient (Wildman–Crippen LogP) is 2.70. The topological polar surface area (TPSA) is 58.4 Å². The quantitative estimate of drug-likeness (QED) is 0.848. The standard InChI is InChI=1S/C19H31N3O/c1-14(2)13-18(20)19(23)21-17-9-11-22(12-10-17)15(3)16-7-5-4-6-8-16/h4-8,14-15,17-18H,9-13,20H2,1-3H3,(H,21,23)/t15?,18-/m0/s1. The van der Waals surface area contributed by atoms with E-state index in [1.165, 1.54) is 5.56 Å². The molecule has 1 fully saturated rings. The first-order valence-electron chi connectivity index (χ1n) is 8.82. The molecule has 2 atom stereocenters. The van der Waals surface area contributed by atoms with Gasteiger partial charge in [0, 0.05) is 25.2 Å². The maximum atomic E-state index is 12.1. The highest BCUT2D eigenvalue weighted by Crippen LogP contribution is 2.24. The molecule has 4 heteroatoms. The van der Waals surface area contributed by atoms with Crippen LogP contribution < -0.4 is 11.1 Å². The van der Waals surface area contributed by atoms with Crippen LogP contribution in [0.2, 0.25) is 0 Å². The summed E-state index contributed by atoms with van der Waals surface area (Å²) in [4.78, 5) is 14.6. The summed E-state index contributed by atoms with van der Waals surface area (Å²) in [7, 11) is 0. The zero-order valence-electron chi connectivity index (χ0n) is 14.7.